The summed E-state index contributed by atoms with van der Waals surface area (Å²) in [5.41, 5.74) is -1.27. The third kappa shape index (κ3) is 4.34. The molecule has 3 fully saturated rings. The van der Waals surface area contributed by atoms with Crippen molar-refractivity contribution in [3.63, 3.8) is 0 Å². The first-order valence-corrected chi connectivity index (χ1v) is 15.2. The van der Waals surface area contributed by atoms with Crippen LogP contribution in [0.25, 0.3) is 0 Å². The fourth-order valence-electron chi connectivity index (χ4n) is 7.75. The second kappa shape index (κ2) is 11.3. The first kappa shape index (κ1) is 30.2. The average Bonchev–Trinajstić information content (AvgIpc) is 3.59. The van der Waals surface area contributed by atoms with Crippen molar-refractivity contribution >= 4 is 39.4 Å². The molecule has 2 N–H and O–H groups in total. The van der Waals surface area contributed by atoms with Gasteiger partial charge in [0.05, 0.1) is 39.1 Å². The van der Waals surface area contributed by atoms with E-state index >= 15 is 9.59 Å². The van der Waals surface area contributed by atoms with Crippen molar-refractivity contribution in [3.8, 4) is 5.75 Å². The van der Waals surface area contributed by atoms with Gasteiger partial charge >= 0.3 is 11.9 Å². The number of esters is 2. The van der Waals surface area contributed by atoms with Gasteiger partial charge < -0.3 is 14.2 Å². The largest absolute Gasteiger partial charge is 0.497 e. The molecule has 3 aromatic carbocycles. The van der Waals surface area contributed by atoms with Gasteiger partial charge in [-0.05, 0) is 47.9 Å². The van der Waals surface area contributed by atoms with E-state index < -0.39 is 58.8 Å². The quantitative estimate of drug-likeness (QED) is 0.377. The highest BCUT2D eigenvalue weighted by Crippen LogP contribution is 2.59. The van der Waals surface area contributed by atoms with Crippen LogP contribution in [0, 0.1) is 23.7 Å². The zero-order valence-electron chi connectivity index (χ0n) is 24.7. The molecule has 0 bridgehead atoms. The Hall–Kier alpha value is -3.86. The number of fused-ring (bicyclic) bond motifs is 2. The molecular formula is C34H33BrN2O7. The van der Waals surface area contributed by atoms with E-state index in [4.69, 9.17) is 14.2 Å². The Bertz CT molecular complexity index is 1610. The number of carbonyl (C=O) groups is 4. The van der Waals surface area contributed by atoms with Gasteiger partial charge in [0.1, 0.15) is 22.9 Å². The minimum absolute atomic E-state index is 0.220. The maximum atomic E-state index is 15.1. The molecule has 2 heterocycles. The van der Waals surface area contributed by atoms with E-state index in [0.717, 1.165) is 15.6 Å². The molecule has 2 saturated heterocycles. The van der Waals surface area contributed by atoms with Crippen molar-refractivity contribution in [2.24, 2.45) is 23.7 Å². The molecule has 0 unspecified atom stereocenters. The summed E-state index contributed by atoms with van der Waals surface area (Å²) in [6, 6.07) is 22.1. The Morgan fingerprint density at radius 2 is 1.25 bits per heavy atom. The van der Waals surface area contributed by atoms with Crippen molar-refractivity contribution in [1.82, 2.24) is 10.6 Å². The fraction of sp³-hybridized carbons (Fsp3) is 0.353. The molecule has 3 aliphatic rings. The number of ketones is 2. The lowest BCUT2D eigenvalue weighted by Crippen LogP contribution is -2.61. The van der Waals surface area contributed by atoms with Crippen LogP contribution < -0.4 is 15.4 Å². The number of rotatable bonds is 6. The number of ether oxygens (including phenoxy) is 3. The van der Waals surface area contributed by atoms with Gasteiger partial charge in [0.15, 0.2) is 5.54 Å². The molecule has 44 heavy (non-hydrogen) atoms. The molecule has 3 aromatic rings. The average molecular weight is 662 g/mol. The van der Waals surface area contributed by atoms with Crippen molar-refractivity contribution in [1.29, 1.82) is 0 Å². The number of carbonyl (C=O) groups excluding carboxylic acids is 4. The standard InChI is InChI=1S/C34H33BrN2O7/c1-33(31(40)43-3)25-23(27(36-33)19-12-16-22(42-2)17-13-19)29(38)24-26(30(25)39)34(32(41)44-4,20-8-6-5-7-9-20)37-28(24)18-10-14-21(35)15-11-18/h5-17,23-28,36-37H,1-4H3/t23-,24-,25-,26-,27-,28-,33-,34-/m0/s1. The molecule has 1 saturated carbocycles. The van der Waals surface area contributed by atoms with E-state index in [-0.39, 0.29) is 11.6 Å². The van der Waals surface area contributed by atoms with Gasteiger partial charge in [0.2, 0.25) is 0 Å². The first-order chi connectivity index (χ1) is 21.1. The van der Waals surface area contributed by atoms with Crippen LogP contribution in [0.5, 0.6) is 5.75 Å². The predicted molar refractivity (Wildman–Crippen MR) is 163 cm³/mol. The van der Waals surface area contributed by atoms with Crippen LogP contribution in [-0.2, 0) is 34.2 Å². The van der Waals surface area contributed by atoms with Crippen molar-refractivity contribution in [2.45, 2.75) is 30.1 Å². The monoisotopic (exact) mass is 660 g/mol. The molecule has 0 radical (unpaired) electrons. The number of benzene rings is 3. The van der Waals surface area contributed by atoms with Crippen molar-refractivity contribution < 1.29 is 33.4 Å². The van der Waals surface area contributed by atoms with Crippen LogP contribution in [0.1, 0.15) is 35.7 Å². The fourth-order valence-corrected chi connectivity index (χ4v) is 8.02. The summed E-state index contributed by atoms with van der Waals surface area (Å²) in [6.45, 7) is 1.60. The zero-order chi connectivity index (χ0) is 31.4. The Kier molecular flexibility index (Phi) is 7.72. The number of methoxy groups -OCH3 is 3. The molecule has 10 heteroatoms. The highest BCUT2D eigenvalue weighted by molar-refractivity contribution is 9.10. The lowest BCUT2D eigenvalue weighted by atomic mass is 9.57. The summed E-state index contributed by atoms with van der Waals surface area (Å²) in [7, 11) is 4.09. The summed E-state index contributed by atoms with van der Waals surface area (Å²) in [5.74, 6) is -5.45. The summed E-state index contributed by atoms with van der Waals surface area (Å²) >= 11 is 3.48. The maximum absolute atomic E-state index is 15.1. The zero-order valence-corrected chi connectivity index (χ0v) is 26.3. The van der Waals surface area contributed by atoms with E-state index in [9.17, 15) is 9.59 Å². The number of hydrogen-bond acceptors (Lipinski definition) is 9. The molecule has 9 nitrogen and oxygen atoms in total. The normalized spacial score (nSPS) is 32.5. The van der Waals surface area contributed by atoms with Crippen LogP contribution in [0.3, 0.4) is 0 Å². The van der Waals surface area contributed by atoms with E-state index in [1.165, 1.54) is 14.2 Å². The molecule has 0 aromatic heterocycles. The second-order valence-electron chi connectivity index (χ2n) is 11.7. The van der Waals surface area contributed by atoms with E-state index in [1.807, 2.05) is 42.5 Å². The van der Waals surface area contributed by atoms with Gasteiger partial charge in [-0.15, -0.1) is 0 Å². The molecule has 8 atom stereocenters. The molecule has 0 spiro atoms. The van der Waals surface area contributed by atoms with Crippen LogP contribution in [0.15, 0.2) is 83.3 Å². The highest BCUT2D eigenvalue weighted by atomic mass is 79.9. The van der Waals surface area contributed by atoms with E-state index in [0.29, 0.717) is 11.3 Å². The smallest absolute Gasteiger partial charge is 0.331 e. The van der Waals surface area contributed by atoms with Crippen molar-refractivity contribution in [2.75, 3.05) is 21.3 Å². The Morgan fingerprint density at radius 3 is 1.82 bits per heavy atom. The van der Waals surface area contributed by atoms with Gasteiger partial charge in [-0.2, -0.15) is 0 Å². The highest BCUT2D eigenvalue weighted by Gasteiger charge is 2.74. The Labute approximate surface area is 263 Å². The van der Waals surface area contributed by atoms with Gasteiger partial charge in [0, 0.05) is 22.5 Å². The van der Waals surface area contributed by atoms with Crippen LogP contribution >= 0.6 is 15.9 Å². The van der Waals surface area contributed by atoms with Gasteiger partial charge in [-0.1, -0.05) is 70.5 Å². The third-order valence-electron chi connectivity index (χ3n) is 9.68. The summed E-state index contributed by atoms with van der Waals surface area (Å²) < 4.78 is 16.8. The third-order valence-corrected chi connectivity index (χ3v) is 10.2. The lowest BCUT2D eigenvalue weighted by Gasteiger charge is -2.42. The molecular weight excluding hydrogens is 628 g/mol. The van der Waals surface area contributed by atoms with Crippen LogP contribution in [-0.4, -0.2) is 50.4 Å². The Balaban J connectivity index is 1.59. The molecule has 0 amide bonds. The van der Waals surface area contributed by atoms with E-state index in [1.54, 1.807) is 50.4 Å². The topological polar surface area (TPSA) is 120 Å². The molecule has 6 rings (SSSR count). The van der Waals surface area contributed by atoms with Gasteiger partial charge in [-0.3, -0.25) is 25.0 Å². The minimum Gasteiger partial charge on any atom is -0.497 e. The number of nitrogens with one attached hydrogen (secondary N) is 2. The summed E-state index contributed by atoms with van der Waals surface area (Å²) in [6.07, 6.45) is 0. The second-order valence-corrected chi connectivity index (χ2v) is 12.7. The summed E-state index contributed by atoms with van der Waals surface area (Å²) in [4.78, 5) is 57.6. The van der Waals surface area contributed by atoms with Crippen molar-refractivity contribution in [3.05, 3.63) is 100 Å². The summed E-state index contributed by atoms with van der Waals surface area (Å²) in [5, 5.41) is 6.79. The Morgan fingerprint density at radius 1 is 0.705 bits per heavy atom. The molecule has 1 aliphatic carbocycles. The van der Waals surface area contributed by atoms with Gasteiger partial charge in [-0.25, -0.2) is 4.79 Å². The SMILES string of the molecule is COC(=O)[C@@]1(C)N[C@@H](c2ccc(OC)cc2)[C@H]2C(=O)[C@H]3[C@@H](C(=O)[C@H]21)[C@](C(=O)OC)(c1ccccc1)N[C@H]3c1ccc(Br)cc1. The minimum atomic E-state index is -1.69. The number of halogens is 1. The van der Waals surface area contributed by atoms with Crippen LogP contribution in [0.2, 0.25) is 0 Å². The first-order valence-electron chi connectivity index (χ1n) is 14.4. The predicted octanol–water partition coefficient (Wildman–Crippen LogP) is 4.06. The number of Topliss-reactive ketones (excluding diaryl/α,β-unsaturated/α-hetero) is 2. The van der Waals surface area contributed by atoms with Gasteiger partial charge in [0.25, 0.3) is 0 Å². The molecule has 228 valence electrons. The lowest BCUT2D eigenvalue weighted by molar-refractivity contribution is -0.161. The maximum Gasteiger partial charge on any atom is 0.331 e. The van der Waals surface area contributed by atoms with E-state index in [2.05, 4.69) is 26.6 Å². The van der Waals surface area contributed by atoms with Crippen LogP contribution in [0.4, 0.5) is 0 Å². The molecule has 2 aliphatic heterocycles. The number of hydrogen-bond donors (Lipinski definition) is 2.